The van der Waals surface area contributed by atoms with E-state index in [1.807, 2.05) is 57.2 Å². The zero-order valence-corrected chi connectivity index (χ0v) is 17.0. The summed E-state index contributed by atoms with van der Waals surface area (Å²) >= 11 is 0. The van der Waals surface area contributed by atoms with Crippen LogP contribution in [0.1, 0.15) is 37.0 Å². The molecule has 0 bridgehead atoms. The quantitative estimate of drug-likeness (QED) is 0.484. The fourth-order valence-corrected chi connectivity index (χ4v) is 2.41. The molecule has 0 saturated heterocycles. The van der Waals surface area contributed by atoms with Crippen molar-refractivity contribution >= 4 is 17.8 Å². The second-order valence-corrected chi connectivity index (χ2v) is 6.34. The minimum atomic E-state index is -0.265. The molecule has 0 spiro atoms. The van der Waals surface area contributed by atoms with Crippen LogP contribution < -0.4 is 14.8 Å². The van der Waals surface area contributed by atoms with Gasteiger partial charge in [-0.3, -0.25) is 4.79 Å². The molecule has 0 unspecified atom stereocenters. The summed E-state index contributed by atoms with van der Waals surface area (Å²) in [5.41, 5.74) is 3.83. The number of hydrogen-bond acceptors (Lipinski definition) is 5. The van der Waals surface area contributed by atoms with E-state index in [9.17, 15) is 4.79 Å². The Kier molecular flexibility index (Phi) is 8.34. The molecule has 0 aliphatic heterocycles. The van der Waals surface area contributed by atoms with Gasteiger partial charge >= 0.3 is 0 Å². The highest BCUT2D eigenvalue weighted by Crippen LogP contribution is 2.28. The molecule has 2 aromatic rings. The van der Waals surface area contributed by atoms with E-state index in [-0.39, 0.29) is 12.5 Å². The summed E-state index contributed by atoms with van der Waals surface area (Å²) in [6.45, 7) is 9.00. The fraction of sp³-hybridized carbons (Fsp3) is 0.364. The topological polar surface area (TPSA) is 69.2 Å². The van der Waals surface area contributed by atoms with Gasteiger partial charge in [0.25, 0.3) is 5.91 Å². The highest BCUT2D eigenvalue weighted by Gasteiger charge is 2.06. The maximum Gasteiger partial charge on any atom is 0.265 e. The second kappa shape index (κ2) is 11.0. The maximum atomic E-state index is 12.0. The number of rotatable bonds is 10. The van der Waals surface area contributed by atoms with E-state index in [0.717, 1.165) is 23.2 Å². The van der Waals surface area contributed by atoms with Gasteiger partial charge in [0.05, 0.1) is 19.4 Å². The average Bonchev–Trinajstić information content (AvgIpc) is 2.68. The van der Waals surface area contributed by atoms with Gasteiger partial charge in [0.15, 0.2) is 18.1 Å². The number of nitrogens with one attached hydrogen (secondary N) is 1. The lowest BCUT2D eigenvalue weighted by molar-refractivity contribution is -0.120. The summed E-state index contributed by atoms with van der Waals surface area (Å²) in [7, 11) is 0. The summed E-state index contributed by atoms with van der Waals surface area (Å²) in [5, 5.41) is 6.65. The molecule has 6 heteroatoms. The monoisotopic (exact) mass is 384 g/mol. The van der Waals surface area contributed by atoms with Crippen LogP contribution in [0, 0.1) is 13.8 Å². The molecule has 2 aromatic carbocycles. The Morgan fingerprint density at radius 3 is 2.57 bits per heavy atom. The summed E-state index contributed by atoms with van der Waals surface area (Å²) in [6.07, 6.45) is 2.46. The van der Waals surface area contributed by atoms with E-state index < -0.39 is 0 Å². The predicted molar refractivity (Wildman–Crippen MR) is 111 cm³/mol. The van der Waals surface area contributed by atoms with Crippen molar-refractivity contribution in [3.8, 4) is 11.5 Å². The van der Waals surface area contributed by atoms with E-state index in [1.165, 1.54) is 11.8 Å². The number of benzene rings is 2. The molecule has 0 fully saturated rings. The van der Waals surface area contributed by atoms with Gasteiger partial charge in [-0.15, -0.1) is 0 Å². The van der Waals surface area contributed by atoms with Crippen molar-refractivity contribution in [3.63, 3.8) is 0 Å². The largest absolute Gasteiger partial charge is 0.490 e. The van der Waals surface area contributed by atoms with Crippen LogP contribution in [-0.4, -0.2) is 31.9 Å². The van der Waals surface area contributed by atoms with Crippen LogP contribution in [-0.2, 0) is 9.63 Å². The van der Waals surface area contributed by atoms with E-state index >= 15 is 0 Å². The zero-order chi connectivity index (χ0) is 20.4. The molecule has 0 radical (unpaired) electrons. The molecule has 0 aliphatic rings. The summed E-state index contributed by atoms with van der Waals surface area (Å²) < 4.78 is 11.3. The second-order valence-electron chi connectivity index (χ2n) is 6.34. The van der Waals surface area contributed by atoms with Gasteiger partial charge in [0.2, 0.25) is 0 Å². The zero-order valence-electron chi connectivity index (χ0n) is 17.0. The Hall–Kier alpha value is -3.02. The lowest BCUT2D eigenvalue weighted by Crippen LogP contribution is -2.17. The molecule has 1 amide bonds. The lowest BCUT2D eigenvalue weighted by atomic mass is 10.1. The molecule has 0 aromatic heterocycles. The van der Waals surface area contributed by atoms with Crippen molar-refractivity contribution in [3.05, 3.63) is 53.1 Å². The van der Waals surface area contributed by atoms with Crippen molar-refractivity contribution in [2.45, 2.75) is 34.1 Å². The van der Waals surface area contributed by atoms with Crippen LogP contribution in [0.5, 0.6) is 11.5 Å². The first-order valence-corrected chi connectivity index (χ1v) is 9.45. The van der Waals surface area contributed by atoms with Gasteiger partial charge in [0.1, 0.15) is 0 Å². The van der Waals surface area contributed by atoms with Gasteiger partial charge in [0, 0.05) is 11.3 Å². The van der Waals surface area contributed by atoms with E-state index in [2.05, 4.69) is 17.4 Å². The predicted octanol–water partition coefficient (Wildman–Crippen LogP) is 4.48. The Morgan fingerprint density at radius 2 is 1.86 bits per heavy atom. The third-order valence-corrected chi connectivity index (χ3v) is 3.99. The molecular weight excluding hydrogens is 356 g/mol. The highest BCUT2D eigenvalue weighted by atomic mass is 16.6. The number of hydrogen-bond donors (Lipinski definition) is 1. The number of ether oxygens (including phenoxy) is 2. The van der Waals surface area contributed by atoms with Gasteiger partial charge in [-0.1, -0.05) is 18.1 Å². The lowest BCUT2D eigenvalue weighted by Gasteiger charge is -2.11. The van der Waals surface area contributed by atoms with Crippen molar-refractivity contribution in [1.82, 2.24) is 0 Å². The number of amides is 1. The maximum absolute atomic E-state index is 12.0. The third-order valence-electron chi connectivity index (χ3n) is 3.99. The number of nitrogens with zero attached hydrogens (tertiary/aromatic N) is 1. The molecule has 2 rings (SSSR count). The van der Waals surface area contributed by atoms with Crippen LogP contribution in [0.3, 0.4) is 0 Å². The molecule has 0 heterocycles. The SMILES string of the molecule is CCCOc1ccc(/C=N/OCC(=O)Nc2ccc(C)c(C)c2)cc1OCC. The molecule has 1 N–H and O–H groups in total. The van der Waals surface area contributed by atoms with E-state index in [0.29, 0.717) is 24.7 Å². The number of carbonyl (C=O) groups is 1. The standard InChI is InChI=1S/C22H28N2O4/c1-5-11-27-20-10-8-18(13-21(20)26-6-2)14-23-28-15-22(25)24-19-9-7-16(3)17(4)12-19/h7-10,12-14H,5-6,11,15H2,1-4H3,(H,24,25)/b23-14+. The molecule has 0 saturated carbocycles. The van der Waals surface area contributed by atoms with E-state index in [4.69, 9.17) is 14.3 Å². The minimum Gasteiger partial charge on any atom is -0.490 e. The van der Waals surface area contributed by atoms with Gasteiger partial charge in [-0.2, -0.15) is 0 Å². The first-order valence-electron chi connectivity index (χ1n) is 9.45. The van der Waals surface area contributed by atoms with Crippen LogP contribution in [0.25, 0.3) is 0 Å². The number of anilines is 1. The Labute approximate surface area is 166 Å². The Balaban J connectivity index is 1.88. The highest BCUT2D eigenvalue weighted by molar-refractivity contribution is 5.91. The molecule has 0 aliphatic carbocycles. The molecule has 0 atom stereocenters. The smallest absolute Gasteiger partial charge is 0.265 e. The van der Waals surface area contributed by atoms with Crippen molar-refractivity contribution in [1.29, 1.82) is 0 Å². The van der Waals surface area contributed by atoms with E-state index in [1.54, 1.807) is 0 Å². The van der Waals surface area contributed by atoms with Gasteiger partial charge < -0.3 is 19.6 Å². The van der Waals surface area contributed by atoms with Crippen molar-refractivity contribution in [2.75, 3.05) is 25.1 Å². The summed E-state index contributed by atoms with van der Waals surface area (Å²) in [6, 6.07) is 11.3. The molecule has 150 valence electrons. The Bertz CT molecular complexity index is 818. The number of aryl methyl sites for hydroxylation is 2. The number of carbonyl (C=O) groups excluding carboxylic acids is 1. The van der Waals surface area contributed by atoms with Crippen LogP contribution >= 0.6 is 0 Å². The first-order chi connectivity index (χ1) is 13.5. The van der Waals surface area contributed by atoms with Crippen molar-refractivity contribution < 1.29 is 19.1 Å². The molecule has 6 nitrogen and oxygen atoms in total. The van der Waals surface area contributed by atoms with Crippen molar-refractivity contribution in [2.24, 2.45) is 5.16 Å². The van der Waals surface area contributed by atoms with Gasteiger partial charge in [-0.25, -0.2) is 0 Å². The van der Waals surface area contributed by atoms with Crippen LogP contribution in [0.2, 0.25) is 0 Å². The minimum absolute atomic E-state index is 0.167. The molecular formula is C22H28N2O4. The van der Waals surface area contributed by atoms with Gasteiger partial charge in [-0.05, 0) is 68.7 Å². The molecule has 28 heavy (non-hydrogen) atoms. The summed E-state index contributed by atoms with van der Waals surface area (Å²) in [4.78, 5) is 17.1. The average molecular weight is 384 g/mol. The first kappa shape index (κ1) is 21.3. The number of oxime groups is 1. The fourth-order valence-electron chi connectivity index (χ4n) is 2.41. The summed E-state index contributed by atoms with van der Waals surface area (Å²) in [5.74, 6) is 1.10. The van der Waals surface area contributed by atoms with Crippen LogP contribution in [0.4, 0.5) is 5.69 Å². The third kappa shape index (κ3) is 6.61. The Morgan fingerprint density at radius 1 is 1.04 bits per heavy atom. The van der Waals surface area contributed by atoms with Crippen LogP contribution in [0.15, 0.2) is 41.6 Å². The normalized spacial score (nSPS) is 10.7.